The fraction of sp³-hybridized carbons (Fsp3) is 0.154. The molecular weight excluding hydrogens is 409 g/mol. The van der Waals surface area contributed by atoms with Gasteiger partial charge in [-0.2, -0.15) is 0 Å². The Morgan fingerprint density at radius 2 is 1.72 bits per heavy atom. The Balaban J connectivity index is 1.95. The Bertz CT molecular complexity index is 1200. The third-order valence-electron chi connectivity index (χ3n) is 5.60. The number of halogens is 1. The van der Waals surface area contributed by atoms with Crippen molar-refractivity contribution >= 4 is 23.1 Å². The van der Waals surface area contributed by atoms with Crippen LogP contribution in [0.3, 0.4) is 0 Å². The van der Waals surface area contributed by atoms with E-state index in [1.807, 2.05) is 25.1 Å². The third-order valence-corrected chi connectivity index (χ3v) is 5.60. The smallest absolute Gasteiger partial charge is 0.300 e. The number of hydrogen-bond donors (Lipinski definition) is 1. The first-order valence-electron chi connectivity index (χ1n) is 10.2. The van der Waals surface area contributed by atoms with E-state index in [1.165, 1.54) is 24.1 Å². The number of nitrogens with zero attached hydrogens (tertiary/aromatic N) is 1. The van der Waals surface area contributed by atoms with Crippen molar-refractivity contribution in [2.75, 3.05) is 12.0 Å². The number of ketones is 1. The van der Waals surface area contributed by atoms with Crippen molar-refractivity contribution in [2.45, 2.75) is 19.4 Å². The normalized spacial score (nSPS) is 17.6. The number of carbonyl (C=O) groups is 2. The van der Waals surface area contributed by atoms with Gasteiger partial charge in [0.25, 0.3) is 11.7 Å². The molecule has 1 aliphatic heterocycles. The predicted octanol–water partition coefficient (Wildman–Crippen LogP) is 5.02. The van der Waals surface area contributed by atoms with Crippen LogP contribution in [-0.2, 0) is 16.0 Å². The Morgan fingerprint density at radius 3 is 2.34 bits per heavy atom. The topological polar surface area (TPSA) is 66.8 Å². The highest BCUT2D eigenvalue weighted by molar-refractivity contribution is 6.51. The molecule has 3 aromatic rings. The summed E-state index contributed by atoms with van der Waals surface area (Å²) in [6.45, 7) is 2.03. The summed E-state index contributed by atoms with van der Waals surface area (Å²) in [5, 5.41) is 11.2. The molecule has 1 unspecified atom stereocenters. The molecule has 0 bridgehead atoms. The van der Waals surface area contributed by atoms with Crippen LogP contribution < -0.4 is 9.64 Å². The zero-order chi connectivity index (χ0) is 22.8. The van der Waals surface area contributed by atoms with Crippen molar-refractivity contribution in [2.24, 2.45) is 0 Å². The first-order valence-corrected chi connectivity index (χ1v) is 10.2. The quantitative estimate of drug-likeness (QED) is 0.350. The van der Waals surface area contributed by atoms with Gasteiger partial charge >= 0.3 is 0 Å². The van der Waals surface area contributed by atoms with Crippen molar-refractivity contribution in [1.82, 2.24) is 0 Å². The Hall–Kier alpha value is -3.93. The maximum Gasteiger partial charge on any atom is 0.300 e. The number of hydrogen-bond acceptors (Lipinski definition) is 4. The first-order chi connectivity index (χ1) is 15.5. The Morgan fingerprint density at radius 1 is 1.03 bits per heavy atom. The van der Waals surface area contributed by atoms with E-state index in [1.54, 1.807) is 36.4 Å². The second kappa shape index (κ2) is 8.67. The van der Waals surface area contributed by atoms with Gasteiger partial charge in [0.2, 0.25) is 0 Å². The molecular formula is C26H22FNO4. The molecule has 162 valence electrons. The monoisotopic (exact) mass is 431 g/mol. The van der Waals surface area contributed by atoms with Crippen LogP contribution in [0.1, 0.15) is 29.7 Å². The molecule has 5 nitrogen and oxygen atoms in total. The molecule has 1 atom stereocenters. The number of Topliss-reactive ketones (excluding diaryl/α,β-unsaturated/α-hetero) is 1. The van der Waals surface area contributed by atoms with E-state index in [-0.39, 0.29) is 16.9 Å². The molecule has 0 saturated carbocycles. The average Bonchev–Trinajstić information content (AvgIpc) is 3.09. The number of amides is 1. The molecule has 1 saturated heterocycles. The maximum absolute atomic E-state index is 14.0. The highest BCUT2D eigenvalue weighted by Gasteiger charge is 2.47. The van der Waals surface area contributed by atoms with Crippen LogP contribution in [0.5, 0.6) is 5.75 Å². The number of ether oxygens (including phenoxy) is 1. The van der Waals surface area contributed by atoms with Gasteiger partial charge in [0.15, 0.2) is 0 Å². The van der Waals surface area contributed by atoms with E-state index in [2.05, 4.69) is 0 Å². The summed E-state index contributed by atoms with van der Waals surface area (Å²) in [6, 6.07) is 19.1. The standard InChI is InChI=1S/C26H22FNO4/c1-3-16-9-12-19(13-10-16)28-23(17-7-5-4-6-8-17)22(25(30)26(28)31)24(29)20-15-18(27)11-14-21(20)32-2/h4-15,23,29H,3H2,1-2H3/b24-22+. The fourth-order valence-electron chi connectivity index (χ4n) is 3.95. The van der Waals surface area contributed by atoms with E-state index < -0.39 is 29.3 Å². The average molecular weight is 431 g/mol. The van der Waals surface area contributed by atoms with Crippen molar-refractivity contribution in [3.05, 3.63) is 101 Å². The lowest BCUT2D eigenvalue weighted by atomic mass is 9.94. The summed E-state index contributed by atoms with van der Waals surface area (Å²) in [5.41, 5.74) is 2.15. The van der Waals surface area contributed by atoms with Gasteiger partial charge in [-0.1, -0.05) is 49.4 Å². The summed E-state index contributed by atoms with van der Waals surface area (Å²) >= 11 is 0. The lowest BCUT2D eigenvalue weighted by molar-refractivity contribution is -0.132. The molecule has 1 aliphatic rings. The minimum atomic E-state index is -0.878. The SMILES string of the molecule is CCc1ccc(N2C(=O)C(=O)/C(=C(/O)c3cc(F)ccc3OC)C2c2ccccc2)cc1. The van der Waals surface area contributed by atoms with Crippen LogP contribution in [0.2, 0.25) is 0 Å². The molecule has 1 amide bonds. The molecule has 32 heavy (non-hydrogen) atoms. The highest BCUT2D eigenvalue weighted by atomic mass is 19.1. The van der Waals surface area contributed by atoms with Crippen LogP contribution >= 0.6 is 0 Å². The summed E-state index contributed by atoms with van der Waals surface area (Å²) in [7, 11) is 1.38. The highest BCUT2D eigenvalue weighted by Crippen LogP contribution is 2.43. The molecule has 0 radical (unpaired) electrons. The summed E-state index contributed by atoms with van der Waals surface area (Å²) in [4.78, 5) is 27.7. The lowest BCUT2D eigenvalue weighted by Gasteiger charge is -2.25. The van der Waals surface area contributed by atoms with Gasteiger partial charge in [-0.15, -0.1) is 0 Å². The molecule has 0 spiro atoms. The van der Waals surface area contributed by atoms with Crippen LogP contribution in [0.4, 0.5) is 10.1 Å². The number of anilines is 1. The number of methoxy groups -OCH3 is 1. The van der Waals surface area contributed by atoms with Crippen LogP contribution in [0.15, 0.2) is 78.4 Å². The number of rotatable bonds is 5. The maximum atomic E-state index is 14.0. The van der Waals surface area contributed by atoms with Crippen LogP contribution in [-0.4, -0.2) is 23.9 Å². The summed E-state index contributed by atoms with van der Waals surface area (Å²) in [6.07, 6.45) is 0.834. The van der Waals surface area contributed by atoms with Gasteiger partial charge < -0.3 is 9.84 Å². The van der Waals surface area contributed by atoms with E-state index in [9.17, 15) is 19.1 Å². The van der Waals surface area contributed by atoms with Crippen molar-refractivity contribution in [3.63, 3.8) is 0 Å². The van der Waals surface area contributed by atoms with E-state index >= 15 is 0 Å². The van der Waals surface area contributed by atoms with Gasteiger partial charge in [-0.25, -0.2) is 4.39 Å². The summed E-state index contributed by atoms with van der Waals surface area (Å²) in [5.74, 6) is -2.51. The lowest BCUT2D eigenvalue weighted by Crippen LogP contribution is -2.29. The summed E-state index contributed by atoms with van der Waals surface area (Å²) < 4.78 is 19.2. The molecule has 4 rings (SSSR count). The number of aliphatic hydroxyl groups excluding tert-OH is 1. The molecule has 3 aromatic carbocycles. The number of carbonyl (C=O) groups excluding carboxylic acids is 2. The van der Waals surface area contributed by atoms with Gasteiger partial charge in [0.1, 0.15) is 17.3 Å². The minimum absolute atomic E-state index is 0.00719. The second-order valence-corrected chi connectivity index (χ2v) is 7.44. The zero-order valence-corrected chi connectivity index (χ0v) is 17.7. The molecule has 6 heteroatoms. The van der Waals surface area contributed by atoms with Crippen LogP contribution in [0.25, 0.3) is 5.76 Å². The van der Waals surface area contributed by atoms with E-state index in [0.29, 0.717) is 11.3 Å². The van der Waals surface area contributed by atoms with Crippen LogP contribution in [0, 0.1) is 5.82 Å². The Labute approximate surface area is 185 Å². The number of aryl methyl sites for hydroxylation is 1. The van der Waals surface area contributed by atoms with Crippen molar-refractivity contribution in [3.8, 4) is 5.75 Å². The van der Waals surface area contributed by atoms with E-state index in [0.717, 1.165) is 18.1 Å². The number of benzene rings is 3. The Kier molecular flexibility index (Phi) is 5.77. The second-order valence-electron chi connectivity index (χ2n) is 7.44. The molecule has 1 fully saturated rings. The molecule has 1 heterocycles. The number of aliphatic hydroxyl groups is 1. The van der Waals surface area contributed by atoms with Gasteiger partial charge in [0, 0.05) is 5.69 Å². The van der Waals surface area contributed by atoms with Gasteiger partial charge in [-0.05, 0) is 47.9 Å². The first kappa shape index (κ1) is 21.3. The third kappa shape index (κ3) is 3.64. The predicted molar refractivity (Wildman–Crippen MR) is 120 cm³/mol. The zero-order valence-electron chi connectivity index (χ0n) is 17.7. The molecule has 0 aliphatic carbocycles. The molecule has 1 N–H and O–H groups in total. The van der Waals surface area contributed by atoms with E-state index in [4.69, 9.17) is 4.74 Å². The van der Waals surface area contributed by atoms with Gasteiger partial charge in [-0.3, -0.25) is 14.5 Å². The van der Waals surface area contributed by atoms with Crippen molar-refractivity contribution < 1.29 is 23.8 Å². The minimum Gasteiger partial charge on any atom is -0.507 e. The van der Waals surface area contributed by atoms with Gasteiger partial charge in [0.05, 0.1) is 24.3 Å². The largest absolute Gasteiger partial charge is 0.507 e. The molecule has 0 aromatic heterocycles. The van der Waals surface area contributed by atoms with Crippen molar-refractivity contribution in [1.29, 1.82) is 0 Å². The fourth-order valence-corrected chi connectivity index (χ4v) is 3.95.